The number of benzene rings is 2. The predicted octanol–water partition coefficient (Wildman–Crippen LogP) is -1.36. The lowest BCUT2D eigenvalue weighted by molar-refractivity contribution is -0.143. The van der Waals surface area contributed by atoms with Crippen molar-refractivity contribution in [3.05, 3.63) is 52.6 Å². The lowest BCUT2D eigenvalue weighted by Gasteiger charge is -2.34. The highest BCUT2D eigenvalue weighted by molar-refractivity contribution is 6.50. The van der Waals surface area contributed by atoms with Crippen molar-refractivity contribution in [3.8, 4) is 5.75 Å². The van der Waals surface area contributed by atoms with E-state index in [9.17, 15) is 19.2 Å². The van der Waals surface area contributed by atoms with Gasteiger partial charge in [0, 0.05) is 30.0 Å². The molecule has 3 aliphatic heterocycles. The first-order chi connectivity index (χ1) is 17.8. The molecule has 2 aromatic carbocycles. The maximum absolute atomic E-state index is 13.0. The normalized spacial score (nSPS) is 20.6. The number of rotatable bonds is 6. The van der Waals surface area contributed by atoms with E-state index in [0.717, 1.165) is 0 Å². The van der Waals surface area contributed by atoms with Gasteiger partial charge in [-0.2, -0.15) is 0 Å². The summed E-state index contributed by atoms with van der Waals surface area (Å²) in [5.74, 6) is -1.58. The minimum absolute atomic E-state index is 0.0279. The summed E-state index contributed by atoms with van der Waals surface area (Å²) in [7, 11) is 18.9. The second-order valence-corrected chi connectivity index (χ2v) is 9.20. The SMILES string of the molecule is [B]c1c(COc2cccc3c2CN(C2CCC(=O)NC2=O)C3=O)ccc(C([B])N2CCOCC2=O)c1[B]. The fraction of sp³-hybridized carbons (Fsp3) is 0.360. The van der Waals surface area contributed by atoms with E-state index in [-0.39, 0.29) is 55.8 Å². The molecule has 37 heavy (non-hydrogen) atoms. The van der Waals surface area contributed by atoms with Crippen LogP contribution in [0.1, 0.15) is 45.8 Å². The Labute approximate surface area is 218 Å². The maximum atomic E-state index is 13.0. The van der Waals surface area contributed by atoms with Crippen LogP contribution in [-0.2, 0) is 32.3 Å². The van der Waals surface area contributed by atoms with E-state index < -0.39 is 17.9 Å². The number of amides is 4. The summed E-state index contributed by atoms with van der Waals surface area (Å²) >= 11 is 0. The summed E-state index contributed by atoms with van der Waals surface area (Å²) in [6.45, 7) is 0.990. The van der Waals surface area contributed by atoms with Gasteiger partial charge in [0.15, 0.2) is 0 Å². The number of fused-ring (bicyclic) bond motifs is 1. The molecule has 3 heterocycles. The van der Waals surface area contributed by atoms with Crippen LogP contribution < -0.4 is 21.0 Å². The minimum Gasteiger partial charge on any atom is -0.489 e. The molecular formula is C25H22B3N3O6. The number of hydrogen-bond acceptors (Lipinski definition) is 6. The molecule has 2 unspecified atom stereocenters. The maximum Gasteiger partial charge on any atom is 0.255 e. The van der Waals surface area contributed by atoms with E-state index in [1.807, 2.05) is 0 Å². The molecule has 0 spiro atoms. The van der Waals surface area contributed by atoms with E-state index in [1.54, 1.807) is 30.3 Å². The molecule has 0 saturated carbocycles. The van der Waals surface area contributed by atoms with Crippen LogP contribution in [0.3, 0.4) is 0 Å². The average molecular weight is 493 g/mol. The molecule has 2 aromatic rings. The third kappa shape index (κ3) is 4.66. The average Bonchev–Trinajstić information content (AvgIpc) is 3.21. The van der Waals surface area contributed by atoms with Gasteiger partial charge in [-0.25, -0.2) is 0 Å². The highest BCUT2D eigenvalue weighted by Crippen LogP contribution is 2.34. The molecule has 182 valence electrons. The van der Waals surface area contributed by atoms with E-state index in [1.165, 1.54) is 9.80 Å². The van der Waals surface area contributed by atoms with Crippen LogP contribution in [0.15, 0.2) is 30.3 Å². The molecule has 3 aliphatic rings. The molecule has 2 saturated heterocycles. The van der Waals surface area contributed by atoms with Crippen molar-refractivity contribution in [2.24, 2.45) is 0 Å². The monoisotopic (exact) mass is 493 g/mol. The zero-order chi connectivity index (χ0) is 26.3. The standard InChI is InChI=1S/C25H22B3N3O6/c26-21-13(4-5-15(22(21)27)23(28)30-8-9-36-12-20(30)33)11-37-18-3-1-2-14-16(18)10-31(25(14)35)17-6-7-19(32)29-24(17)34/h1-5,17,23H,6-12H2,(H,29,32,34). The van der Waals surface area contributed by atoms with Crippen LogP contribution in [0.5, 0.6) is 5.75 Å². The summed E-state index contributed by atoms with van der Waals surface area (Å²) < 4.78 is 11.2. The van der Waals surface area contributed by atoms with Crippen molar-refractivity contribution in [3.63, 3.8) is 0 Å². The Morgan fingerprint density at radius 2 is 1.92 bits per heavy atom. The van der Waals surface area contributed by atoms with Gasteiger partial charge in [-0.15, -0.1) is 0 Å². The van der Waals surface area contributed by atoms with Crippen molar-refractivity contribution in [1.29, 1.82) is 0 Å². The molecule has 0 bridgehead atoms. The van der Waals surface area contributed by atoms with Gasteiger partial charge >= 0.3 is 0 Å². The summed E-state index contributed by atoms with van der Waals surface area (Å²) in [4.78, 5) is 52.0. The number of nitrogens with one attached hydrogen (secondary N) is 1. The molecule has 2 atom stereocenters. The summed E-state index contributed by atoms with van der Waals surface area (Å²) in [6, 6.07) is 7.90. The molecule has 0 aromatic heterocycles. The Bertz CT molecular complexity index is 1300. The highest BCUT2D eigenvalue weighted by Gasteiger charge is 2.40. The first-order valence-corrected chi connectivity index (χ1v) is 11.9. The summed E-state index contributed by atoms with van der Waals surface area (Å²) in [5, 5.41) is 2.30. The number of carbonyl (C=O) groups excluding carboxylic acids is 4. The Morgan fingerprint density at radius 1 is 1.11 bits per heavy atom. The second-order valence-electron chi connectivity index (χ2n) is 9.20. The van der Waals surface area contributed by atoms with Crippen LogP contribution in [0.4, 0.5) is 0 Å². The van der Waals surface area contributed by atoms with Gasteiger partial charge in [0.05, 0.1) is 13.2 Å². The van der Waals surface area contributed by atoms with Crippen LogP contribution in [0.2, 0.25) is 0 Å². The number of piperidine rings is 1. The van der Waals surface area contributed by atoms with Crippen molar-refractivity contribution in [2.45, 2.75) is 38.0 Å². The van der Waals surface area contributed by atoms with Crippen LogP contribution in [0, 0.1) is 0 Å². The zero-order valence-corrected chi connectivity index (χ0v) is 20.1. The number of carbonyl (C=O) groups is 4. The molecule has 6 radical (unpaired) electrons. The van der Waals surface area contributed by atoms with E-state index in [4.69, 9.17) is 33.0 Å². The highest BCUT2D eigenvalue weighted by atomic mass is 16.5. The smallest absolute Gasteiger partial charge is 0.255 e. The van der Waals surface area contributed by atoms with Gasteiger partial charge in [-0.1, -0.05) is 29.1 Å². The van der Waals surface area contributed by atoms with Crippen molar-refractivity contribution < 1.29 is 28.7 Å². The van der Waals surface area contributed by atoms with Gasteiger partial charge in [0.1, 0.15) is 48.5 Å². The fourth-order valence-corrected chi connectivity index (χ4v) is 4.92. The van der Waals surface area contributed by atoms with E-state index in [0.29, 0.717) is 46.6 Å². The lowest BCUT2D eigenvalue weighted by atomic mass is 9.70. The van der Waals surface area contributed by atoms with Crippen molar-refractivity contribution in [2.75, 3.05) is 19.8 Å². The molecule has 9 nitrogen and oxygen atoms in total. The van der Waals surface area contributed by atoms with Crippen molar-refractivity contribution in [1.82, 2.24) is 15.1 Å². The summed E-state index contributed by atoms with van der Waals surface area (Å²) in [6.07, 6.45) is 0.459. The Balaban J connectivity index is 1.31. The van der Waals surface area contributed by atoms with Crippen LogP contribution in [-0.4, -0.2) is 82.8 Å². The number of ether oxygens (including phenoxy) is 2. The first kappa shape index (κ1) is 25.1. The quantitative estimate of drug-likeness (QED) is 0.394. The largest absolute Gasteiger partial charge is 0.489 e. The third-order valence-electron chi connectivity index (χ3n) is 7.01. The number of morpholine rings is 1. The second kappa shape index (κ2) is 10.1. The molecular weight excluding hydrogens is 471 g/mol. The fourth-order valence-electron chi connectivity index (χ4n) is 4.92. The van der Waals surface area contributed by atoms with Gasteiger partial charge in [0.25, 0.3) is 5.91 Å². The molecule has 1 N–H and O–H groups in total. The van der Waals surface area contributed by atoms with Gasteiger partial charge in [-0.3, -0.25) is 24.5 Å². The number of hydrogen-bond donors (Lipinski definition) is 1. The van der Waals surface area contributed by atoms with E-state index >= 15 is 0 Å². The lowest BCUT2D eigenvalue weighted by Crippen LogP contribution is -2.52. The van der Waals surface area contributed by atoms with E-state index in [2.05, 4.69) is 5.32 Å². The van der Waals surface area contributed by atoms with Gasteiger partial charge < -0.3 is 19.3 Å². The minimum atomic E-state index is -0.754. The molecule has 2 fully saturated rings. The number of nitrogens with zero attached hydrogens (tertiary/aromatic N) is 2. The predicted molar refractivity (Wildman–Crippen MR) is 135 cm³/mol. The Morgan fingerprint density at radius 3 is 2.68 bits per heavy atom. The zero-order valence-electron chi connectivity index (χ0n) is 20.1. The third-order valence-corrected chi connectivity index (χ3v) is 7.01. The Kier molecular flexibility index (Phi) is 6.85. The number of imide groups is 1. The topological polar surface area (TPSA) is 105 Å². The van der Waals surface area contributed by atoms with Crippen LogP contribution in [0.25, 0.3) is 0 Å². The summed E-state index contributed by atoms with van der Waals surface area (Å²) in [5.41, 5.74) is 2.82. The molecule has 12 heteroatoms. The van der Waals surface area contributed by atoms with Gasteiger partial charge in [-0.05, 0) is 29.7 Å². The van der Waals surface area contributed by atoms with Gasteiger partial charge in [0.2, 0.25) is 17.7 Å². The van der Waals surface area contributed by atoms with Crippen LogP contribution >= 0.6 is 0 Å². The molecule has 0 aliphatic carbocycles. The Hall–Kier alpha value is -3.53. The first-order valence-electron chi connectivity index (χ1n) is 11.9. The van der Waals surface area contributed by atoms with Crippen molar-refractivity contribution >= 4 is 58.1 Å². The molecule has 5 rings (SSSR count). The molecule has 4 amide bonds.